The van der Waals surface area contributed by atoms with Crippen LogP contribution >= 0.6 is 23.5 Å². The van der Waals surface area contributed by atoms with E-state index in [-0.39, 0.29) is 6.04 Å². The van der Waals surface area contributed by atoms with E-state index in [0.717, 1.165) is 31.6 Å². The van der Waals surface area contributed by atoms with Crippen LogP contribution in [0, 0.1) is 5.41 Å². The molecule has 0 amide bonds. The van der Waals surface area contributed by atoms with Gasteiger partial charge < -0.3 is 0 Å². The highest BCUT2D eigenvalue weighted by molar-refractivity contribution is 8.12. The van der Waals surface area contributed by atoms with Gasteiger partial charge in [0.25, 0.3) is 0 Å². The van der Waals surface area contributed by atoms with Crippen LogP contribution in [0.3, 0.4) is 0 Å². The monoisotopic (exact) mass is 220 g/mol. The predicted molar refractivity (Wildman–Crippen MR) is 56.3 cm³/mol. The Morgan fingerprint density at radius 3 is 3.00 bits per heavy atom. The van der Waals surface area contributed by atoms with E-state index in [2.05, 4.69) is 15.2 Å². The summed E-state index contributed by atoms with van der Waals surface area (Å²) in [4.78, 5) is 2.60. The summed E-state index contributed by atoms with van der Waals surface area (Å²) in [6.07, 6.45) is 4.14. The van der Waals surface area contributed by atoms with Gasteiger partial charge in [-0.3, -0.25) is 5.41 Å². The third kappa shape index (κ3) is 3.95. The molecule has 0 saturated heterocycles. The van der Waals surface area contributed by atoms with Crippen LogP contribution in [0.25, 0.3) is 0 Å². The van der Waals surface area contributed by atoms with Gasteiger partial charge in [0, 0.05) is 17.8 Å². The zero-order valence-corrected chi connectivity index (χ0v) is 8.87. The maximum Gasteiger partial charge on any atom is 0.122 e. The molecule has 0 aromatic rings. The molecule has 1 aliphatic rings. The largest absolute Gasteiger partial charge is 0.294 e. The van der Waals surface area contributed by atoms with Crippen LogP contribution in [0.1, 0.15) is 25.7 Å². The molecule has 0 aliphatic carbocycles. The number of hydrogen-bond donors (Lipinski definition) is 2. The molecule has 4 nitrogen and oxygen atoms in total. The maximum atomic E-state index is 7.55. The summed E-state index contributed by atoms with van der Waals surface area (Å²) < 4.78 is 0. The minimum Gasteiger partial charge on any atom is -0.294 e. The van der Waals surface area contributed by atoms with Gasteiger partial charge in [-0.1, -0.05) is 18.1 Å². The highest BCUT2D eigenvalue weighted by atomic mass is 35.5. The second-order valence-corrected chi connectivity index (χ2v) is 4.03. The normalized spacial score (nSPS) is 21.6. The standard InChI is InChI=1S/C7H13ClN4S/c8-5-3-1-2-4-6-7(9)13-12-11-10-6/h6,9H,1-5H2,(H,10,12). The molecule has 1 aliphatic heterocycles. The summed E-state index contributed by atoms with van der Waals surface area (Å²) in [6.45, 7) is 0. The molecule has 74 valence electrons. The molecule has 0 aromatic heterocycles. The second kappa shape index (κ2) is 6.21. The fourth-order valence-electron chi connectivity index (χ4n) is 1.08. The van der Waals surface area contributed by atoms with Gasteiger partial charge in [-0.05, 0) is 12.8 Å². The van der Waals surface area contributed by atoms with Crippen molar-refractivity contribution in [3.05, 3.63) is 0 Å². The number of hydrogen-bond acceptors (Lipinski definition) is 5. The lowest BCUT2D eigenvalue weighted by atomic mass is 10.1. The van der Waals surface area contributed by atoms with Crippen LogP contribution in [0.2, 0.25) is 0 Å². The highest BCUT2D eigenvalue weighted by Gasteiger charge is 2.17. The first-order valence-electron chi connectivity index (χ1n) is 4.30. The van der Waals surface area contributed by atoms with Crippen LogP contribution in [0.15, 0.2) is 10.3 Å². The molecule has 1 rings (SSSR count). The van der Waals surface area contributed by atoms with Crippen molar-refractivity contribution in [2.75, 3.05) is 5.88 Å². The zero-order chi connectivity index (χ0) is 9.52. The Bertz CT molecular complexity index is 197. The molecule has 6 heteroatoms. The van der Waals surface area contributed by atoms with Crippen LogP contribution in [0.5, 0.6) is 0 Å². The summed E-state index contributed by atoms with van der Waals surface area (Å²) in [5, 5.41) is 15.7. The molecular formula is C7H13ClN4S. The Morgan fingerprint density at radius 1 is 1.46 bits per heavy atom. The molecule has 1 unspecified atom stereocenters. The molecule has 2 N–H and O–H groups in total. The van der Waals surface area contributed by atoms with Gasteiger partial charge in [0.05, 0.1) is 0 Å². The van der Waals surface area contributed by atoms with Gasteiger partial charge in [-0.15, -0.1) is 11.6 Å². The molecule has 0 fully saturated rings. The van der Waals surface area contributed by atoms with Crippen molar-refractivity contribution in [3.63, 3.8) is 0 Å². The summed E-state index contributed by atoms with van der Waals surface area (Å²) in [5.74, 6) is 0.722. The molecule has 0 radical (unpaired) electrons. The van der Waals surface area contributed by atoms with E-state index in [1.807, 2.05) is 0 Å². The van der Waals surface area contributed by atoms with Gasteiger partial charge >= 0.3 is 0 Å². The molecule has 0 aromatic carbocycles. The smallest absolute Gasteiger partial charge is 0.122 e. The summed E-state index contributed by atoms with van der Waals surface area (Å²) in [6, 6.07) is -0.0263. The zero-order valence-electron chi connectivity index (χ0n) is 7.29. The maximum absolute atomic E-state index is 7.55. The lowest BCUT2D eigenvalue weighted by Gasteiger charge is -2.14. The molecule has 0 spiro atoms. The molecule has 1 heterocycles. The van der Waals surface area contributed by atoms with Gasteiger partial charge in [-0.2, -0.15) is 5.11 Å². The van der Waals surface area contributed by atoms with Crippen molar-refractivity contribution in [2.24, 2.45) is 10.3 Å². The van der Waals surface area contributed by atoms with E-state index in [0.29, 0.717) is 5.04 Å². The number of halogens is 1. The molecule has 1 atom stereocenters. The lowest BCUT2D eigenvalue weighted by Crippen LogP contribution is -2.21. The van der Waals surface area contributed by atoms with Crippen LogP contribution in [0.4, 0.5) is 0 Å². The van der Waals surface area contributed by atoms with E-state index < -0.39 is 0 Å². The third-order valence-electron chi connectivity index (χ3n) is 1.81. The molecule has 0 bridgehead atoms. The van der Waals surface area contributed by atoms with Crippen molar-refractivity contribution in [1.82, 2.24) is 4.83 Å². The van der Waals surface area contributed by atoms with E-state index in [4.69, 9.17) is 17.0 Å². The van der Waals surface area contributed by atoms with Gasteiger partial charge in [0.2, 0.25) is 0 Å². The Labute approximate surface area is 87.1 Å². The van der Waals surface area contributed by atoms with Crippen molar-refractivity contribution < 1.29 is 0 Å². The summed E-state index contributed by atoms with van der Waals surface area (Å²) in [5.41, 5.74) is 0. The highest BCUT2D eigenvalue weighted by Crippen LogP contribution is 2.17. The first-order valence-corrected chi connectivity index (χ1v) is 5.66. The van der Waals surface area contributed by atoms with Crippen molar-refractivity contribution in [1.29, 1.82) is 5.41 Å². The predicted octanol–water partition coefficient (Wildman–Crippen LogP) is 2.75. The van der Waals surface area contributed by atoms with Gasteiger partial charge in [0.1, 0.15) is 11.1 Å². The van der Waals surface area contributed by atoms with E-state index >= 15 is 0 Å². The Kier molecular flexibility index (Phi) is 5.15. The Morgan fingerprint density at radius 2 is 2.31 bits per heavy atom. The van der Waals surface area contributed by atoms with Crippen molar-refractivity contribution >= 4 is 28.6 Å². The molecular weight excluding hydrogens is 208 g/mol. The van der Waals surface area contributed by atoms with Crippen LogP contribution in [-0.2, 0) is 0 Å². The quantitative estimate of drug-likeness (QED) is 0.425. The van der Waals surface area contributed by atoms with E-state index in [1.165, 1.54) is 11.9 Å². The molecule has 0 saturated carbocycles. The SMILES string of the molecule is N=C1SNN=NC1CCCCCCl. The van der Waals surface area contributed by atoms with E-state index in [1.54, 1.807) is 0 Å². The average molecular weight is 221 g/mol. The summed E-state index contributed by atoms with van der Waals surface area (Å²) >= 11 is 6.79. The lowest BCUT2D eigenvalue weighted by molar-refractivity contribution is 0.615. The first kappa shape index (κ1) is 10.8. The van der Waals surface area contributed by atoms with Crippen LogP contribution < -0.4 is 4.83 Å². The van der Waals surface area contributed by atoms with Crippen molar-refractivity contribution in [2.45, 2.75) is 31.7 Å². The fourth-order valence-corrected chi connectivity index (χ4v) is 1.76. The van der Waals surface area contributed by atoms with Gasteiger partial charge in [-0.25, -0.2) is 4.83 Å². The number of alkyl halides is 1. The minimum absolute atomic E-state index is 0.0263. The average Bonchev–Trinajstić information content (AvgIpc) is 2.15. The summed E-state index contributed by atoms with van der Waals surface area (Å²) in [7, 11) is 0. The Balaban J connectivity index is 2.16. The van der Waals surface area contributed by atoms with E-state index in [9.17, 15) is 0 Å². The van der Waals surface area contributed by atoms with Crippen LogP contribution in [-0.4, -0.2) is 17.0 Å². The Hall–Kier alpha value is -0.290. The minimum atomic E-state index is -0.0263. The third-order valence-corrected chi connectivity index (χ3v) is 2.74. The number of rotatable bonds is 5. The fraction of sp³-hybridized carbons (Fsp3) is 0.857. The molecule has 13 heavy (non-hydrogen) atoms. The van der Waals surface area contributed by atoms with Crippen molar-refractivity contribution in [3.8, 4) is 0 Å². The number of unbranched alkanes of at least 4 members (excludes halogenated alkanes) is 2. The number of nitrogens with one attached hydrogen (secondary N) is 2. The number of nitrogens with zero attached hydrogens (tertiary/aromatic N) is 2. The topological polar surface area (TPSA) is 60.6 Å². The first-order chi connectivity index (χ1) is 6.34. The van der Waals surface area contributed by atoms with Gasteiger partial charge in [0.15, 0.2) is 0 Å². The second-order valence-electron chi connectivity index (χ2n) is 2.83.